The summed E-state index contributed by atoms with van der Waals surface area (Å²) in [6, 6.07) is 0. The summed E-state index contributed by atoms with van der Waals surface area (Å²) in [7, 11) is 0. The minimum absolute atomic E-state index is 0.178. The Bertz CT molecular complexity index is 191. The van der Waals surface area contributed by atoms with E-state index in [0.717, 1.165) is 5.57 Å². The standard InChI is InChI=1S/C10H16O/c1-6-7-8(2)9(11)10(3,4)5/h6-7H,1H2,2-5H3/b8-7+. The highest BCUT2D eigenvalue weighted by molar-refractivity contribution is 5.98. The second-order valence-corrected chi connectivity index (χ2v) is 3.66. The summed E-state index contributed by atoms with van der Waals surface area (Å²) in [5.41, 5.74) is 0.497. The average molecular weight is 152 g/mol. The van der Waals surface area contributed by atoms with Gasteiger partial charge >= 0.3 is 0 Å². The Balaban J connectivity index is 4.51. The zero-order valence-electron chi connectivity index (χ0n) is 7.77. The minimum atomic E-state index is -0.274. The van der Waals surface area contributed by atoms with Crippen LogP contribution in [0.2, 0.25) is 0 Å². The van der Waals surface area contributed by atoms with Gasteiger partial charge in [0.1, 0.15) is 0 Å². The predicted molar refractivity (Wildman–Crippen MR) is 48.4 cm³/mol. The molecular formula is C10H16O. The molecule has 0 N–H and O–H groups in total. The number of carbonyl (C=O) groups is 1. The first kappa shape index (κ1) is 10.2. The Morgan fingerprint density at radius 3 is 2.09 bits per heavy atom. The Labute approximate surface area is 68.8 Å². The van der Waals surface area contributed by atoms with Crippen molar-refractivity contribution in [3.8, 4) is 0 Å². The van der Waals surface area contributed by atoms with E-state index >= 15 is 0 Å². The molecule has 0 aromatic heterocycles. The van der Waals surface area contributed by atoms with Gasteiger partial charge in [0.25, 0.3) is 0 Å². The molecule has 0 saturated heterocycles. The number of allylic oxidation sites excluding steroid dienone is 3. The van der Waals surface area contributed by atoms with E-state index in [4.69, 9.17) is 0 Å². The maximum atomic E-state index is 11.4. The van der Waals surface area contributed by atoms with Gasteiger partial charge in [-0.1, -0.05) is 39.5 Å². The van der Waals surface area contributed by atoms with Crippen LogP contribution in [0.15, 0.2) is 24.3 Å². The van der Waals surface area contributed by atoms with E-state index in [1.807, 2.05) is 27.7 Å². The van der Waals surface area contributed by atoms with E-state index in [9.17, 15) is 4.79 Å². The van der Waals surface area contributed by atoms with Crippen LogP contribution in [0.5, 0.6) is 0 Å². The van der Waals surface area contributed by atoms with Crippen LogP contribution in [0.3, 0.4) is 0 Å². The van der Waals surface area contributed by atoms with Crippen LogP contribution in [0, 0.1) is 5.41 Å². The van der Waals surface area contributed by atoms with Gasteiger partial charge in [-0.3, -0.25) is 4.79 Å². The zero-order valence-corrected chi connectivity index (χ0v) is 7.77. The van der Waals surface area contributed by atoms with Crippen LogP contribution in [-0.4, -0.2) is 5.78 Å². The summed E-state index contributed by atoms with van der Waals surface area (Å²) in [6.45, 7) is 11.1. The zero-order chi connectivity index (χ0) is 9.07. The van der Waals surface area contributed by atoms with E-state index in [0.29, 0.717) is 0 Å². The summed E-state index contributed by atoms with van der Waals surface area (Å²) < 4.78 is 0. The molecule has 0 aliphatic carbocycles. The fourth-order valence-corrected chi connectivity index (χ4v) is 0.844. The normalized spacial score (nSPS) is 12.9. The topological polar surface area (TPSA) is 17.1 Å². The molecule has 0 fully saturated rings. The van der Waals surface area contributed by atoms with Gasteiger partial charge in [0.05, 0.1) is 0 Å². The van der Waals surface area contributed by atoms with E-state index in [1.54, 1.807) is 12.2 Å². The van der Waals surface area contributed by atoms with Crippen LogP contribution in [0.1, 0.15) is 27.7 Å². The van der Waals surface area contributed by atoms with E-state index < -0.39 is 0 Å². The van der Waals surface area contributed by atoms with Crippen molar-refractivity contribution >= 4 is 5.78 Å². The molecule has 0 aromatic rings. The highest BCUT2D eigenvalue weighted by atomic mass is 16.1. The van der Waals surface area contributed by atoms with E-state index in [-0.39, 0.29) is 11.2 Å². The van der Waals surface area contributed by atoms with Gasteiger partial charge in [-0.2, -0.15) is 0 Å². The summed E-state index contributed by atoms with van der Waals surface area (Å²) in [6.07, 6.45) is 3.38. The molecule has 0 aliphatic heterocycles. The van der Waals surface area contributed by atoms with Crippen molar-refractivity contribution in [2.24, 2.45) is 5.41 Å². The average Bonchev–Trinajstić information content (AvgIpc) is 1.85. The van der Waals surface area contributed by atoms with Gasteiger partial charge in [0.15, 0.2) is 5.78 Å². The molecule has 1 heteroatoms. The fraction of sp³-hybridized carbons (Fsp3) is 0.500. The molecular weight excluding hydrogens is 136 g/mol. The monoisotopic (exact) mass is 152 g/mol. The SMILES string of the molecule is C=C/C=C(\C)C(=O)C(C)(C)C. The van der Waals surface area contributed by atoms with Gasteiger partial charge in [-0.05, 0) is 12.5 Å². The van der Waals surface area contributed by atoms with Crippen molar-refractivity contribution in [2.75, 3.05) is 0 Å². The molecule has 0 spiro atoms. The third kappa shape index (κ3) is 3.17. The maximum absolute atomic E-state index is 11.4. The molecule has 0 amide bonds. The number of ketones is 1. The number of rotatable bonds is 2. The van der Waals surface area contributed by atoms with Crippen molar-refractivity contribution < 1.29 is 4.79 Å². The maximum Gasteiger partial charge on any atom is 0.163 e. The Kier molecular flexibility index (Phi) is 3.24. The smallest absolute Gasteiger partial charge is 0.163 e. The highest BCUT2D eigenvalue weighted by Crippen LogP contribution is 2.19. The van der Waals surface area contributed by atoms with Crippen molar-refractivity contribution in [3.63, 3.8) is 0 Å². The first-order valence-corrected chi connectivity index (χ1v) is 3.73. The van der Waals surface area contributed by atoms with Gasteiger partial charge < -0.3 is 0 Å². The van der Waals surface area contributed by atoms with Crippen LogP contribution in [0.25, 0.3) is 0 Å². The minimum Gasteiger partial charge on any atom is -0.294 e. The van der Waals surface area contributed by atoms with Crippen molar-refractivity contribution in [1.29, 1.82) is 0 Å². The summed E-state index contributed by atoms with van der Waals surface area (Å²) in [5, 5.41) is 0. The first-order valence-electron chi connectivity index (χ1n) is 3.73. The lowest BCUT2D eigenvalue weighted by atomic mass is 9.87. The molecule has 11 heavy (non-hydrogen) atoms. The molecule has 0 saturated carbocycles. The molecule has 0 rings (SSSR count). The van der Waals surface area contributed by atoms with Crippen LogP contribution >= 0.6 is 0 Å². The first-order chi connectivity index (χ1) is 4.89. The Hall–Kier alpha value is -0.850. The molecule has 0 atom stereocenters. The van der Waals surface area contributed by atoms with E-state index in [1.165, 1.54) is 0 Å². The predicted octanol–water partition coefficient (Wildman–Crippen LogP) is 2.73. The van der Waals surface area contributed by atoms with Crippen LogP contribution in [0.4, 0.5) is 0 Å². The lowest BCUT2D eigenvalue weighted by Crippen LogP contribution is -2.20. The van der Waals surface area contributed by atoms with Gasteiger partial charge in [-0.15, -0.1) is 0 Å². The molecule has 0 aliphatic rings. The third-order valence-electron chi connectivity index (χ3n) is 1.41. The summed E-state index contributed by atoms with van der Waals surface area (Å²) in [4.78, 5) is 11.4. The molecule has 0 aromatic carbocycles. The van der Waals surface area contributed by atoms with Gasteiger partial charge in [-0.25, -0.2) is 0 Å². The molecule has 0 unspecified atom stereocenters. The fourth-order valence-electron chi connectivity index (χ4n) is 0.844. The molecule has 0 radical (unpaired) electrons. The Morgan fingerprint density at radius 2 is 1.82 bits per heavy atom. The number of hydrogen-bond donors (Lipinski definition) is 0. The molecule has 62 valence electrons. The van der Waals surface area contributed by atoms with E-state index in [2.05, 4.69) is 6.58 Å². The largest absolute Gasteiger partial charge is 0.294 e. The lowest BCUT2D eigenvalue weighted by molar-refractivity contribution is -0.122. The van der Waals surface area contributed by atoms with Crippen LogP contribution in [-0.2, 0) is 4.79 Å². The van der Waals surface area contributed by atoms with Gasteiger partial charge in [0.2, 0.25) is 0 Å². The highest BCUT2D eigenvalue weighted by Gasteiger charge is 2.21. The second kappa shape index (κ2) is 3.51. The molecule has 1 nitrogen and oxygen atoms in total. The van der Waals surface area contributed by atoms with Gasteiger partial charge in [0, 0.05) is 5.41 Å². The van der Waals surface area contributed by atoms with Crippen molar-refractivity contribution in [1.82, 2.24) is 0 Å². The summed E-state index contributed by atoms with van der Waals surface area (Å²) >= 11 is 0. The number of carbonyl (C=O) groups excluding carboxylic acids is 1. The molecule has 0 heterocycles. The number of Topliss-reactive ketones (excluding diaryl/α,β-unsaturated/α-hetero) is 1. The van der Waals surface area contributed by atoms with Crippen LogP contribution < -0.4 is 0 Å². The lowest BCUT2D eigenvalue weighted by Gasteiger charge is -2.16. The van der Waals surface area contributed by atoms with Crippen molar-refractivity contribution in [3.05, 3.63) is 24.3 Å². The quantitative estimate of drug-likeness (QED) is 0.439. The Morgan fingerprint density at radius 1 is 1.36 bits per heavy atom. The van der Waals surface area contributed by atoms with Crippen molar-refractivity contribution in [2.45, 2.75) is 27.7 Å². The summed E-state index contributed by atoms with van der Waals surface area (Å²) in [5.74, 6) is 0.178. The number of hydrogen-bond acceptors (Lipinski definition) is 1. The third-order valence-corrected chi connectivity index (χ3v) is 1.41. The molecule has 0 bridgehead atoms. The second-order valence-electron chi connectivity index (χ2n) is 3.66.